The molecule has 1 aliphatic rings. The minimum absolute atomic E-state index is 0.0122. The topological polar surface area (TPSA) is 50.4 Å². The Morgan fingerprint density at radius 3 is 2.76 bits per heavy atom. The summed E-state index contributed by atoms with van der Waals surface area (Å²) >= 11 is 0. The van der Waals surface area contributed by atoms with E-state index in [1.807, 2.05) is 0 Å². The van der Waals surface area contributed by atoms with Gasteiger partial charge in [0, 0.05) is 6.07 Å². The van der Waals surface area contributed by atoms with Crippen molar-refractivity contribution in [2.45, 2.75) is 25.8 Å². The second-order valence-corrected chi connectivity index (χ2v) is 4.39. The van der Waals surface area contributed by atoms with Crippen LogP contribution in [0.1, 0.15) is 19.8 Å². The van der Waals surface area contributed by atoms with Gasteiger partial charge in [0.15, 0.2) is 5.96 Å². The summed E-state index contributed by atoms with van der Waals surface area (Å²) in [6, 6.07) is 3.36. The average Bonchev–Trinajstić information content (AvgIpc) is 2.29. The summed E-state index contributed by atoms with van der Waals surface area (Å²) in [5.74, 6) is -0.427. The van der Waals surface area contributed by atoms with Crippen molar-refractivity contribution in [2.75, 3.05) is 5.32 Å². The summed E-state index contributed by atoms with van der Waals surface area (Å²) in [4.78, 5) is 4.22. The van der Waals surface area contributed by atoms with E-state index in [-0.39, 0.29) is 17.7 Å². The first-order valence-corrected chi connectivity index (χ1v) is 5.61. The van der Waals surface area contributed by atoms with Crippen LogP contribution in [0.25, 0.3) is 0 Å². The van der Waals surface area contributed by atoms with Gasteiger partial charge >= 0.3 is 0 Å². The molecule has 0 aromatic heterocycles. The molecule has 92 valence electrons. The molecule has 1 aromatic carbocycles. The Labute approximate surface area is 98.7 Å². The molecule has 0 bridgehead atoms. The van der Waals surface area contributed by atoms with Gasteiger partial charge in [-0.05, 0) is 30.9 Å². The smallest absolute Gasteiger partial charge is 0.193 e. The van der Waals surface area contributed by atoms with Gasteiger partial charge in [-0.1, -0.05) is 6.92 Å². The van der Waals surface area contributed by atoms with Gasteiger partial charge in [-0.15, -0.1) is 0 Å². The molecule has 0 aliphatic heterocycles. The van der Waals surface area contributed by atoms with Gasteiger partial charge in [0.25, 0.3) is 0 Å². The fraction of sp³-hybridized carbons (Fsp3) is 0.417. The van der Waals surface area contributed by atoms with Gasteiger partial charge in [0.2, 0.25) is 0 Å². The van der Waals surface area contributed by atoms with E-state index in [0.717, 1.165) is 31.0 Å². The fourth-order valence-electron chi connectivity index (χ4n) is 1.78. The second kappa shape index (κ2) is 4.69. The van der Waals surface area contributed by atoms with E-state index < -0.39 is 11.6 Å². The molecule has 0 heterocycles. The Kier molecular flexibility index (Phi) is 3.26. The third-order valence-corrected chi connectivity index (χ3v) is 3.07. The summed E-state index contributed by atoms with van der Waals surface area (Å²) in [5.41, 5.74) is 5.66. The summed E-state index contributed by atoms with van der Waals surface area (Å²) in [7, 11) is 0. The number of hydrogen-bond acceptors (Lipinski definition) is 1. The van der Waals surface area contributed by atoms with Gasteiger partial charge in [0.1, 0.15) is 11.6 Å². The normalized spacial score (nSPS) is 24.3. The molecule has 5 heteroatoms. The molecule has 0 spiro atoms. The fourth-order valence-corrected chi connectivity index (χ4v) is 1.78. The number of anilines is 1. The van der Waals surface area contributed by atoms with Crippen molar-refractivity contribution >= 4 is 11.6 Å². The van der Waals surface area contributed by atoms with Gasteiger partial charge in [-0.25, -0.2) is 13.8 Å². The number of nitrogens with two attached hydrogens (primary N) is 1. The van der Waals surface area contributed by atoms with Crippen LogP contribution in [0.2, 0.25) is 0 Å². The first kappa shape index (κ1) is 11.8. The minimum atomic E-state index is -0.550. The number of nitrogens with one attached hydrogen (secondary N) is 1. The van der Waals surface area contributed by atoms with E-state index in [9.17, 15) is 8.78 Å². The van der Waals surface area contributed by atoms with E-state index in [1.54, 1.807) is 0 Å². The molecule has 1 fully saturated rings. The van der Waals surface area contributed by atoms with Crippen molar-refractivity contribution in [3.63, 3.8) is 0 Å². The van der Waals surface area contributed by atoms with E-state index >= 15 is 0 Å². The van der Waals surface area contributed by atoms with Crippen LogP contribution < -0.4 is 11.1 Å². The van der Waals surface area contributed by atoms with Gasteiger partial charge in [-0.2, -0.15) is 0 Å². The Bertz CT molecular complexity index is 445. The predicted molar refractivity (Wildman–Crippen MR) is 63.8 cm³/mol. The van der Waals surface area contributed by atoms with Crippen molar-refractivity contribution in [3.05, 3.63) is 29.8 Å². The lowest BCUT2D eigenvalue weighted by Gasteiger charge is -2.30. The average molecular weight is 239 g/mol. The Balaban J connectivity index is 2.07. The van der Waals surface area contributed by atoms with Crippen LogP contribution >= 0.6 is 0 Å². The number of benzene rings is 1. The van der Waals surface area contributed by atoms with Crippen LogP contribution in [0, 0.1) is 17.6 Å². The SMILES string of the molecule is CC1CCC1N=C(N)Nc1cc(F)ccc1F. The Morgan fingerprint density at radius 2 is 2.18 bits per heavy atom. The van der Waals surface area contributed by atoms with Crippen molar-refractivity contribution < 1.29 is 8.78 Å². The number of nitrogens with zero attached hydrogens (tertiary/aromatic N) is 1. The maximum atomic E-state index is 13.3. The lowest BCUT2D eigenvalue weighted by atomic mass is 9.82. The van der Waals surface area contributed by atoms with Crippen LogP contribution in [-0.4, -0.2) is 12.0 Å². The van der Waals surface area contributed by atoms with E-state index in [1.165, 1.54) is 0 Å². The summed E-state index contributed by atoms with van der Waals surface area (Å²) in [5, 5.41) is 2.58. The van der Waals surface area contributed by atoms with Crippen LogP contribution in [0.5, 0.6) is 0 Å². The molecule has 1 aromatic rings. The second-order valence-electron chi connectivity index (χ2n) is 4.39. The minimum Gasteiger partial charge on any atom is -0.370 e. The van der Waals surface area contributed by atoms with Gasteiger partial charge in [0.05, 0.1) is 11.7 Å². The van der Waals surface area contributed by atoms with E-state index in [2.05, 4.69) is 17.2 Å². The first-order valence-electron chi connectivity index (χ1n) is 5.61. The largest absolute Gasteiger partial charge is 0.370 e. The van der Waals surface area contributed by atoms with Crippen LogP contribution in [0.3, 0.4) is 0 Å². The van der Waals surface area contributed by atoms with Crippen molar-refractivity contribution in [3.8, 4) is 0 Å². The summed E-state index contributed by atoms with van der Waals surface area (Å²) < 4.78 is 26.2. The number of rotatable bonds is 2. The maximum Gasteiger partial charge on any atom is 0.193 e. The molecule has 2 rings (SSSR count). The third-order valence-electron chi connectivity index (χ3n) is 3.07. The zero-order chi connectivity index (χ0) is 12.4. The first-order chi connectivity index (χ1) is 8.06. The molecule has 3 N–H and O–H groups in total. The number of aliphatic imine (C=N–C) groups is 1. The summed E-state index contributed by atoms with van der Waals surface area (Å²) in [6.07, 6.45) is 2.13. The highest BCUT2D eigenvalue weighted by atomic mass is 19.1. The standard InChI is InChI=1S/C12H15F2N3/c1-7-2-5-10(7)16-12(15)17-11-6-8(13)3-4-9(11)14/h3-4,6-7,10H,2,5H2,1H3,(H3,15,16,17). The van der Waals surface area contributed by atoms with Crippen LogP contribution in [-0.2, 0) is 0 Å². The molecule has 0 amide bonds. The molecular weight excluding hydrogens is 224 g/mol. The van der Waals surface area contributed by atoms with Gasteiger partial charge in [-0.3, -0.25) is 0 Å². The van der Waals surface area contributed by atoms with Gasteiger partial charge < -0.3 is 11.1 Å². The molecule has 0 radical (unpaired) electrons. The van der Waals surface area contributed by atoms with Crippen molar-refractivity contribution in [2.24, 2.45) is 16.6 Å². The monoisotopic (exact) mass is 239 g/mol. The van der Waals surface area contributed by atoms with Crippen molar-refractivity contribution in [1.82, 2.24) is 0 Å². The third kappa shape index (κ3) is 2.72. The zero-order valence-electron chi connectivity index (χ0n) is 9.58. The number of halogens is 2. The quantitative estimate of drug-likeness (QED) is 0.615. The highest BCUT2D eigenvalue weighted by Crippen LogP contribution is 2.29. The molecule has 17 heavy (non-hydrogen) atoms. The molecule has 3 nitrogen and oxygen atoms in total. The summed E-state index contributed by atoms with van der Waals surface area (Å²) in [6.45, 7) is 2.09. The molecule has 2 unspecified atom stereocenters. The van der Waals surface area contributed by atoms with Crippen LogP contribution in [0.4, 0.5) is 14.5 Å². The molecular formula is C12H15F2N3. The highest BCUT2D eigenvalue weighted by Gasteiger charge is 2.26. The van der Waals surface area contributed by atoms with E-state index in [4.69, 9.17) is 5.73 Å². The Hall–Kier alpha value is -1.65. The maximum absolute atomic E-state index is 13.3. The Morgan fingerprint density at radius 1 is 1.41 bits per heavy atom. The highest BCUT2D eigenvalue weighted by molar-refractivity contribution is 5.92. The zero-order valence-corrected chi connectivity index (χ0v) is 9.58. The lowest BCUT2D eigenvalue weighted by Crippen LogP contribution is -2.33. The van der Waals surface area contributed by atoms with E-state index in [0.29, 0.717) is 5.92 Å². The molecule has 1 saturated carbocycles. The number of hydrogen-bond donors (Lipinski definition) is 2. The lowest BCUT2D eigenvalue weighted by molar-refractivity contribution is 0.284. The van der Waals surface area contributed by atoms with Crippen molar-refractivity contribution in [1.29, 1.82) is 0 Å². The predicted octanol–water partition coefficient (Wildman–Crippen LogP) is 2.49. The number of guanidine groups is 1. The molecule has 1 aliphatic carbocycles. The molecule has 2 atom stereocenters. The van der Waals surface area contributed by atoms with Crippen LogP contribution in [0.15, 0.2) is 23.2 Å². The molecule has 0 saturated heterocycles.